The fraction of sp³-hybridized carbons (Fsp3) is 0.429. The Morgan fingerprint density at radius 3 is 2.57 bits per heavy atom. The maximum atomic E-state index is 11.8. The molecule has 116 valence electrons. The minimum atomic E-state index is -0.280. The fourth-order valence-corrected chi connectivity index (χ4v) is 2.23. The predicted octanol–water partition coefficient (Wildman–Crippen LogP) is 1.94. The number of rotatable bonds is 8. The summed E-state index contributed by atoms with van der Waals surface area (Å²) in [6, 6.07) is 5.16. The Kier molecular flexibility index (Phi) is 7.45. The third kappa shape index (κ3) is 5.95. The third-order valence-electron chi connectivity index (χ3n) is 2.59. The van der Waals surface area contributed by atoms with Crippen LogP contribution in [0.4, 0.5) is 5.69 Å². The van der Waals surface area contributed by atoms with Crippen LogP contribution >= 0.6 is 11.8 Å². The average Bonchev–Trinajstić information content (AvgIpc) is 2.51. The highest BCUT2D eigenvalue weighted by atomic mass is 32.2. The summed E-state index contributed by atoms with van der Waals surface area (Å²) >= 11 is 1.36. The van der Waals surface area contributed by atoms with Crippen molar-refractivity contribution in [2.24, 2.45) is 0 Å². The summed E-state index contributed by atoms with van der Waals surface area (Å²) in [6.07, 6.45) is 0.289. The van der Waals surface area contributed by atoms with E-state index in [0.29, 0.717) is 22.9 Å². The van der Waals surface area contributed by atoms with E-state index in [4.69, 9.17) is 9.47 Å². The van der Waals surface area contributed by atoms with E-state index in [1.807, 2.05) is 0 Å². The summed E-state index contributed by atoms with van der Waals surface area (Å²) < 4.78 is 14.8. The molecule has 1 aromatic rings. The molecule has 0 aliphatic rings. The molecule has 0 spiro atoms. The monoisotopic (exact) mass is 313 g/mol. The lowest BCUT2D eigenvalue weighted by molar-refractivity contribution is -0.140. The lowest BCUT2D eigenvalue weighted by atomic mass is 10.2. The first-order valence-electron chi connectivity index (χ1n) is 6.27. The van der Waals surface area contributed by atoms with Crippen molar-refractivity contribution in [2.45, 2.75) is 6.42 Å². The van der Waals surface area contributed by atoms with Gasteiger partial charge in [0, 0.05) is 11.8 Å². The van der Waals surface area contributed by atoms with Gasteiger partial charge in [0.25, 0.3) is 0 Å². The smallest absolute Gasteiger partial charge is 0.306 e. The van der Waals surface area contributed by atoms with E-state index in [1.165, 1.54) is 26.0 Å². The molecule has 0 aliphatic carbocycles. The van der Waals surface area contributed by atoms with Crippen LogP contribution in [0.2, 0.25) is 0 Å². The minimum absolute atomic E-state index is 0.170. The second-order valence-corrected chi connectivity index (χ2v) is 5.10. The predicted molar refractivity (Wildman–Crippen MR) is 82.1 cm³/mol. The Morgan fingerprint density at radius 1 is 1.19 bits per heavy atom. The molecule has 0 saturated heterocycles. The topological polar surface area (TPSA) is 73.9 Å². The molecule has 0 saturated carbocycles. The van der Waals surface area contributed by atoms with Crippen LogP contribution in [0.15, 0.2) is 18.2 Å². The zero-order valence-corrected chi connectivity index (χ0v) is 13.1. The van der Waals surface area contributed by atoms with Gasteiger partial charge < -0.3 is 19.5 Å². The number of hydrogen-bond donors (Lipinski definition) is 1. The van der Waals surface area contributed by atoms with Gasteiger partial charge in [-0.15, -0.1) is 0 Å². The Balaban J connectivity index is 2.48. The lowest BCUT2D eigenvalue weighted by Gasteiger charge is -2.11. The summed E-state index contributed by atoms with van der Waals surface area (Å²) in [7, 11) is 4.42. The van der Waals surface area contributed by atoms with E-state index < -0.39 is 0 Å². The van der Waals surface area contributed by atoms with E-state index in [9.17, 15) is 9.59 Å². The molecule has 1 rings (SSSR count). The highest BCUT2D eigenvalue weighted by Crippen LogP contribution is 2.28. The minimum Gasteiger partial charge on any atom is -0.497 e. The summed E-state index contributed by atoms with van der Waals surface area (Å²) in [4.78, 5) is 22.8. The van der Waals surface area contributed by atoms with Crippen molar-refractivity contribution in [3.8, 4) is 11.5 Å². The van der Waals surface area contributed by atoms with Crippen molar-refractivity contribution >= 4 is 29.3 Å². The van der Waals surface area contributed by atoms with Crippen molar-refractivity contribution in [2.75, 3.05) is 38.2 Å². The molecule has 0 unspecified atom stereocenters. The first kappa shape index (κ1) is 17.2. The molecular formula is C14H19NO5S. The number of anilines is 1. The quantitative estimate of drug-likeness (QED) is 0.584. The fourth-order valence-electron chi connectivity index (χ4n) is 1.52. The summed E-state index contributed by atoms with van der Waals surface area (Å²) in [5, 5.41) is 2.76. The third-order valence-corrected chi connectivity index (χ3v) is 3.55. The highest BCUT2D eigenvalue weighted by Gasteiger charge is 2.09. The van der Waals surface area contributed by atoms with Crippen LogP contribution in [0.5, 0.6) is 11.5 Å². The van der Waals surface area contributed by atoms with Gasteiger partial charge in [0.1, 0.15) is 11.5 Å². The number of ether oxygens (including phenoxy) is 3. The van der Waals surface area contributed by atoms with E-state index in [-0.39, 0.29) is 24.1 Å². The molecule has 21 heavy (non-hydrogen) atoms. The van der Waals surface area contributed by atoms with Crippen LogP contribution in [0.25, 0.3) is 0 Å². The molecule has 0 fully saturated rings. The van der Waals surface area contributed by atoms with Gasteiger partial charge in [-0.05, 0) is 12.1 Å². The standard InChI is InChI=1S/C14H19NO5S/c1-18-10-4-5-12(19-2)11(8-10)15-13(16)9-21-7-6-14(17)20-3/h4-5,8H,6-7,9H2,1-3H3,(H,15,16). The van der Waals surface area contributed by atoms with Crippen molar-refractivity contribution in [3.63, 3.8) is 0 Å². The molecule has 7 heteroatoms. The number of carbonyl (C=O) groups excluding carboxylic acids is 2. The Labute approximate surface area is 128 Å². The number of esters is 1. The zero-order chi connectivity index (χ0) is 15.7. The molecule has 0 heterocycles. The van der Waals surface area contributed by atoms with Gasteiger partial charge >= 0.3 is 5.97 Å². The highest BCUT2D eigenvalue weighted by molar-refractivity contribution is 7.99. The van der Waals surface area contributed by atoms with Gasteiger partial charge in [-0.25, -0.2) is 0 Å². The van der Waals surface area contributed by atoms with Crippen LogP contribution in [0.1, 0.15) is 6.42 Å². The van der Waals surface area contributed by atoms with Gasteiger partial charge in [0.05, 0.1) is 39.2 Å². The van der Waals surface area contributed by atoms with Gasteiger partial charge in [0.2, 0.25) is 5.91 Å². The Morgan fingerprint density at radius 2 is 1.95 bits per heavy atom. The summed E-state index contributed by atoms with van der Waals surface area (Å²) in [5.41, 5.74) is 0.551. The van der Waals surface area contributed by atoms with Crippen molar-refractivity contribution < 1.29 is 23.8 Å². The molecule has 1 N–H and O–H groups in total. The van der Waals surface area contributed by atoms with E-state index >= 15 is 0 Å². The second kappa shape index (κ2) is 9.12. The van der Waals surface area contributed by atoms with Crippen LogP contribution in [0.3, 0.4) is 0 Å². The van der Waals surface area contributed by atoms with Crippen LogP contribution < -0.4 is 14.8 Å². The number of carbonyl (C=O) groups is 2. The zero-order valence-electron chi connectivity index (χ0n) is 12.3. The van der Waals surface area contributed by atoms with Crippen LogP contribution in [-0.2, 0) is 14.3 Å². The summed E-state index contributed by atoms with van der Waals surface area (Å²) in [5.74, 6) is 1.52. The van der Waals surface area contributed by atoms with Gasteiger partial charge in [-0.3, -0.25) is 9.59 Å². The molecule has 0 aliphatic heterocycles. The molecule has 0 radical (unpaired) electrons. The molecule has 0 aromatic heterocycles. The first-order chi connectivity index (χ1) is 10.1. The number of hydrogen-bond acceptors (Lipinski definition) is 6. The SMILES string of the molecule is COC(=O)CCSCC(=O)Nc1cc(OC)ccc1OC. The number of methoxy groups -OCH3 is 3. The number of amides is 1. The first-order valence-corrected chi connectivity index (χ1v) is 7.42. The molecule has 1 amide bonds. The number of benzene rings is 1. The number of thioether (sulfide) groups is 1. The largest absolute Gasteiger partial charge is 0.497 e. The van der Waals surface area contributed by atoms with Gasteiger partial charge in [-0.1, -0.05) is 0 Å². The molecule has 0 bridgehead atoms. The maximum absolute atomic E-state index is 11.8. The molecule has 6 nitrogen and oxygen atoms in total. The number of nitrogens with one attached hydrogen (secondary N) is 1. The Bertz CT molecular complexity index is 492. The van der Waals surface area contributed by atoms with Gasteiger partial charge in [0.15, 0.2) is 0 Å². The second-order valence-electron chi connectivity index (χ2n) is 3.99. The van der Waals surface area contributed by atoms with E-state index in [2.05, 4.69) is 10.1 Å². The average molecular weight is 313 g/mol. The Hall–Kier alpha value is -1.89. The van der Waals surface area contributed by atoms with Crippen molar-refractivity contribution in [3.05, 3.63) is 18.2 Å². The van der Waals surface area contributed by atoms with Crippen molar-refractivity contribution in [1.82, 2.24) is 0 Å². The molecule has 1 aromatic carbocycles. The maximum Gasteiger partial charge on any atom is 0.306 e. The van der Waals surface area contributed by atoms with E-state index in [0.717, 1.165) is 0 Å². The normalized spacial score (nSPS) is 9.86. The van der Waals surface area contributed by atoms with Gasteiger partial charge in [-0.2, -0.15) is 11.8 Å². The van der Waals surface area contributed by atoms with Crippen LogP contribution in [-0.4, -0.2) is 44.7 Å². The molecular weight excluding hydrogens is 294 g/mol. The molecule has 0 atom stereocenters. The lowest BCUT2D eigenvalue weighted by Crippen LogP contribution is -2.15. The van der Waals surface area contributed by atoms with Crippen LogP contribution in [0, 0.1) is 0 Å². The summed E-state index contributed by atoms with van der Waals surface area (Å²) in [6.45, 7) is 0. The van der Waals surface area contributed by atoms with E-state index in [1.54, 1.807) is 25.3 Å². The van der Waals surface area contributed by atoms with Crippen molar-refractivity contribution in [1.29, 1.82) is 0 Å².